The van der Waals surface area contributed by atoms with Crippen LogP contribution in [0.5, 0.6) is 0 Å². The van der Waals surface area contributed by atoms with Gasteiger partial charge in [-0.15, -0.1) is 0 Å². The van der Waals surface area contributed by atoms with Crippen LogP contribution in [0.15, 0.2) is 5.16 Å². The summed E-state index contributed by atoms with van der Waals surface area (Å²) in [4.78, 5) is 2.46. The normalized spacial score (nSPS) is 36.6. The first kappa shape index (κ1) is 8.05. The second-order valence-electron chi connectivity index (χ2n) is 3.98. The van der Waals surface area contributed by atoms with E-state index in [2.05, 4.69) is 17.1 Å². The first-order valence-electron chi connectivity index (χ1n) is 4.73. The van der Waals surface area contributed by atoms with E-state index in [4.69, 9.17) is 5.21 Å². The highest BCUT2D eigenvalue weighted by Crippen LogP contribution is 2.30. The molecule has 3 heteroatoms. The SMILES string of the molecule is CN1[C@H]2CCC[C@H]1CC(=NO)C2. The van der Waals surface area contributed by atoms with Crippen LogP contribution in [0.3, 0.4) is 0 Å². The van der Waals surface area contributed by atoms with Crippen molar-refractivity contribution in [3.63, 3.8) is 0 Å². The van der Waals surface area contributed by atoms with E-state index in [0.717, 1.165) is 18.6 Å². The van der Waals surface area contributed by atoms with Gasteiger partial charge in [0.2, 0.25) is 0 Å². The minimum atomic E-state index is 0.642. The van der Waals surface area contributed by atoms with Crippen molar-refractivity contribution in [2.24, 2.45) is 5.16 Å². The second kappa shape index (κ2) is 3.05. The third-order valence-corrected chi connectivity index (χ3v) is 3.31. The van der Waals surface area contributed by atoms with Crippen LogP contribution in [0.2, 0.25) is 0 Å². The van der Waals surface area contributed by atoms with E-state index in [0.29, 0.717) is 12.1 Å². The summed E-state index contributed by atoms with van der Waals surface area (Å²) in [6.45, 7) is 0. The Hall–Kier alpha value is -0.570. The zero-order chi connectivity index (χ0) is 8.55. The van der Waals surface area contributed by atoms with Gasteiger partial charge in [-0.2, -0.15) is 0 Å². The van der Waals surface area contributed by atoms with Gasteiger partial charge in [-0.1, -0.05) is 11.6 Å². The standard InChI is InChI=1S/C9H16N2O/c1-11-8-3-2-4-9(11)6-7(5-8)10-12/h8-9,12H,2-6H2,1H3/t8-,9-/m0/s1. The average Bonchev–Trinajstić information content (AvgIpc) is 2.04. The van der Waals surface area contributed by atoms with Crippen LogP contribution in [0.25, 0.3) is 0 Å². The highest BCUT2D eigenvalue weighted by atomic mass is 16.4. The fraction of sp³-hybridized carbons (Fsp3) is 0.889. The molecule has 0 radical (unpaired) electrons. The lowest BCUT2D eigenvalue weighted by molar-refractivity contribution is 0.105. The summed E-state index contributed by atoms with van der Waals surface area (Å²) in [5, 5.41) is 12.1. The van der Waals surface area contributed by atoms with E-state index in [1.807, 2.05) is 0 Å². The van der Waals surface area contributed by atoms with Gasteiger partial charge in [0.25, 0.3) is 0 Å². The molecule has 2 heterocycles. The molecule has 0 aliphatic carbocycles. The number of nitrogens with zero attached hydrogens (tertiary/aromatic N) is 2. The largest absolute Gasteiger partial charge is 0.411 e. The van der Waals surface area contributed by atoms with Crippen molar-refractivity contribution in [3.05, 3.63) is 0 Å². The molecular formula is C9H16N2O. The summed E-state index contributed by atoms with van der Waals surface area (Å²) < 4.78 is 0. The van der Waals surface area contributed by atoms with Crippen molar-refractivity contribution in [2.45, 2.75) is 44.2 Å². The first-order chi connectivity index (χ1) is 5.81. The summed E-state index contributed by atoms with van der Waals surface area (Å²) in [6, 6.07) is 1.28. The van der Waals surface area contributed by atoms with Gasteiger partial charge in [-0.3, -0.25) is 4.90 Å². The van der Waals surface area contributed by atoms with Gasteiger partial charge in [0, 0.05) is 24.9 Å². The molecule has 0 unspecified atom stereocenters. The Balaban J connectivity index is 2.12. The average molecular weight is 168 g/mol. The zero-order valence-corrected chi connectivity index (χ0v) is 7.53. The van der Waals surface area contributed by atoms with Crippen LogP contribution in [0, 0.1) is 0 Å². The predicted octanol–water partition coefficient (Wildman–Crippen LogP) is 1.46. The molecule has 2 aliphatic rings. The van der Waals surface area contributed by atoms with Crippen molar-refractivity contribution in [2.75, 3.05) is 7.05 Å². The molecule has 2 fully saturated rings. The summed E-state index contributed by atoms with van der Waals surface area (Å²) in [7, 11) is 2.20. The minimum Gasteiger partial charge on any atom is -0.411 e. The lowest BCUT2D eigenvalue weighted by atomic mass is 9.84. The molecule has 68 valence electrons. The molecule has 0 aromatic carbocycles. The number of piperidine rings is 2. The van der Waals surface area contributed by atoms with E-state index in [1.165, 1.54) is 19.3 Å². The van der Waals surface area contributed by atoms with Crippen molar-refractivity contribution in [1.29, 1.82) is 0 Å². The first-order valence-corrected chi connectivity index (χ1v) is 4.73. The minimum absolute atomic E-state index is 0.642. The fourth-order valence-corrected chi connectivity index (χ4v) is 2.50. The number of rotatable bonds is 0. The van der Waals surface area contributed by atoms with E-state index in [9.17, 15) is 0 Å². The quantitative estimate of drug-likeness (QED) is 0.439. The van der Waals surface area contributed by atoms with Gasteiger partial charge in [0.1, 0.15) is 0 Å². The molecule has 2 atom stereocenters. The molecule has 2 rings (SSSR count). The summed E-state index contributed by atoms with van der Waals surface area (Å²) in [6.07, 6.45) is 5.84. The van der Waals surface area contributed by atoms with Gasteiger partial charge in [0.15, 0.2) is 0 Å². The summed E-state index contributed by atoms with van der Waals surface area (Å²) >= 11 is 0. The van der Waals surface area contributed by atoms with Crippen molar-refractivity contribution in [3.8, 4) is 0 Å². The van der Waals surface area contributed by atoms with Gasteiger partial charge in [-0.25, -0.2) is 0 Å². The third kappa shape index (κ3) is 1.22. The molecule has 2 aliphatic heterocycles. The molecule has 2 saturated heterocycles. The number of hydrogen-bond acceptors (Lipinski definition) is 3. The lowest BCUT2D eigenvalue weighted by Gasteiger charge is -2.43. The van der Waals surface area contributed by atoms with E-state index >= 15 is 0 Å². The molecule has 0 aromatic heterocycles. The molecule has 0 spiro atoms. The Labute approximate surface area is 73.1 Å². The molecule has 3 nitrogen and oxygen atoms in total. The lowest BCUT2D eigenvalue weighted by Crippen LogP contribution is -2.49. The van der Waals surface area contributed by atoms with Crippen molar-refractivity contribution < 1.29 is 5.21 Å². The number of fused-ring (bicyclic) bond motifs is 2. The van der Waals surface area contributed by atoms with E-state index in [-0.39, 0.29) is 0 Å². The highest BCUT2D eigenvalue weighted by Gasteiger charge is 2.33. The Bertz CT molecular complexity index is 187. The molecule has 12 heavy (non-hydrogen) atoms. The smallest absolute Gasteiger partial charge is 0.0601 e. The Morgan fingerprint density at radius 2 is 1.92 bits per heavy atom. The van der Waals surface area contributed by atoms with Crippen LogP contribution in [-0.4, -0.2) is 35.0 Å². The zero-order valence-electron chi connectivity index (χ0n) is 7.53. The van der Waals surface area contributed by atoms with Crippen LogP contribution in [-0.2, 0) is 0 Å². The monoisotopic (exact) mass is 168 g/mol. The Morgan fingerprint density at radius 1 is 1.33 bits per heavy atom. The van der Waals surface area contributed by atoms with Crippen LogP contribution in [0.1, 0.15) is 32.1 Å². The van der Waals surface area contributed by atoms with Gasteiger partial charge < -0.3 is 5.21 Å². The van der Waals surface area contributed by atoms with Crippen LogP contribution in [0.4, 0.5) is 0 Å². The van der Waals surface area contributed by atoms with Gasteiger partial charge >= 0.3 is 0 Å². The maximum absolute atomic E-state index is 8.70. The molecule has 0 aromatic rings. The van der Waals surface area contributed by atoms with Crippen LogP contribution < -0.4 is 0 Å². The summed E-state index contributed by atoms with van der Waals surface area (Å²) in [5.41, 5.74) is 1.00. The molecule has 1 N–H and O–H groups in total. The van der Waals surface area contributed by atoms with Crippen LogP contribution >= 0.6 is 0 Å². The Kier molecular flexibility index (Phi) is 2.05. The van der Waals surface area contributed by atoms with Gasteiger partial charge in [0.05, 0.1) is 5.71 Å². The fourth-order valence-electron chi connectivity index (χ4n) is 2.50. The van der Waals surface area contributed by atoms with Crippen molar-refractivity contribution in [1.82, 2.24) is 4.90 Å². The van der Waals surface area contributed by atoms with Crippen molar-refractivity contribution >= 4 is 5.71 Å². The maximum atomic E-state index is 8.70. The molecule has 0 amide bonds. The maximum Gasteiger partial charge on any atom is 0.0601 e. The molecular weight excluding hydrogens is 152 g/mol. The topological polar surface area (TPSA) is 35.8 Å². The predicted molar refractivity (Wildman–Crippen MR) is 47.6 cm³/mol. The third-order valence-electron chi connectivity index (χ3n) is 3.31. The number of hydrogen-bond donors (Lipinski definition) is 1. The number of oxime groups is 1. The van der Waals surface area contributed by atoms with E-state index < -0.39 is 0 Å². The second-order valence-corrected chi connectivity index (χ2v) is 3.98. The highest BCUT2D eigenvalue weighted by molar-refractivity contribution is 5.85. The Morgan fingerprint density at radius 3 is 2.42 bits per heavy atom. The van der Waals surface area contributed by atoms with Gasteiger partial charge in [-0.05, 0) is 19.9 Å². The van der Waals surface area contributed by atoms with E-state index in [1.54, 1.807) is 0 Å². The molecule has 0 saturated carbocycles. The summed E-state index contributed by atoms with van der Waals surface area (Å²) in [5.74, 6) is 0. The molecule has 2 bridgehead atoms.